The van der Waals surface area contributed by atoms with Gasteiger partial charge in [-0.1, -0.05) is 0 Å². The highest BCUT2D eigenvalue weighted by Crippen LogP contribution is 2.21. The van der Waals surface area contributed by atoms with E-state index in [4.69, 9.17) is 17.3 Å². The number of nitrogens with one attached hydrogen (secondary N) is 1. The van der Waals surface area contributed by atoms with Gasteiger partial charge in [0.15, 0.2) is 0 Å². The molecule has 0 unspecified atom stereocenters. The Morgan fingerprint density at radius 1 is 1.62 bits per heavy atom. The molecule has 1 aromatic rings. The number of hydrogen-bond acceptors (Lipinski definition) is 2. The molecule has 0 spiro atoms. The lowest BCUT2D eigenvalue weighted by Crippen LogP contribution is -2.17. The van der Waals surface area contributed by atoms with Crippen LogP contribution in [-0.2, 0) is 5.88 Å². The molecule has 0 bridgehead atoms. The summed E-state index contributed by atoms with van der Waals surface area (Å²) in [7, 11) is 0. The average Bonchev–Trinajstić information content (AvgIpc) is 2.02. The summed E-state index contributed by atoms with van der Waals surface area (Å²) in [6.07, 6.45) is -2.87. The molecule has 1 aromatic heterocycles. The van der Waals surface area contributed by atoms with Gasteiger partial charge < -0.3 is 10.7 Å². The van der Waals surface area contributed by atoms with E-state index in [-0.39, 0.29) is 11.6 Å². The molecule has 1 rings (SSSR count). The molecule has 0 aliphatic heterocycles. The van der Waals surface area contributed by atoms with Crippen LogP contribution < -0.4 is 11.3 Å². The van der Waals surface area contributed by atoms with Gasteiger partial charge in [-0.3, -0.25) is 4.79 Å². The van der Waals surface area contributed by atoms with Gasteiger partial charge in [0, 0.05) is 11.4 Å². The predicted molar refractivity (Wildman–Crippen MR) is 46.0 cm³/mol. The summed E-state index contributed by atoms with van der Waals surface area (Å²) in [4.78, 5) is 13.2. The monoisotopic (exact) mass is 208 g/mol. The summed E-state index contributed by atoms with van der Waals surface area (Å²) >= 11 is 5.39. The Bertz CT molecular complexity index is 364. The summed E-state index contributed by atoms with van der Waals surface area (Å²) < 4.78 is 24.4. The summed E-state index contributed by atoms with van der Waals surface area (Å²) in [6.45, 7) is 0. The number of alkyl halides is 3. The van der Waals surface area contributed by atoms with Crippen LogP contribution in [0.5, 0.6) is 0 Å². The van der Waals surface area contributed by atoms with Crippen molar-refractivity contribution in [3.63, 3.8) is 0 Å². The number of halogens is 3. The fourth-order valence-electron chi connectivity index (χ4n) is 0.943. The summed E-state index contributed by atoms with van der Waals surface area (Å²) in [5.74, 6) is 0.0307. The Morgan fingerprint density at radius 2 is 2.23 bits per heavy atom. The number of H-pyrrole nitrogens is 1. The van der Waals surface area contributed by atoms with Gasteiger partial charge in [-0.05, 0) is 6.07 Å². The first-order valence-corrected chi connectivity index (χ1v) is 3.95. The first kappa shape index (κ1) is 9.98. The highest BCUT2D eigenvalue weighted by Gasteiger charge is 2.16. The second-order valence-electron chi connectivity index (χ2n) is 2.43. The molecule has 0 radical (unpaired) electrons. The van der Waals surface area contributed by atoms with Crippen LogP contribution in [0.15, 0.2) is 10.9 Å². The van der Waals surface area contributed by atoms with Crippen molar-refractivity contribution >= 4 is 17.3 Å². The molecule has 0 aliphatic carbocycles. The zero-order chi connectivity index (χ0) is 10.0. The van der Waals surface area contributed by atoms with Gasteiger partial charge >= 0.3 is 0 Å². The van der Waals surface area contributed by atoms with Crippen LogP contribution in [0.2, 0.25) is 0 Å². The lowest BCUT2D eigenvalue weighted by Gasteiger charge is -2.04. The molecule has 0 amide bonds. The first-order valence-electron chi connectivity index (χ1n) is 3.42. The number of hydrogen-bond donors (Lipinski definition) is 2. The van der Waals surface area contributed by atoms with Crippen LogP contribution in [0.25, 0.3) is 0 Å². The second-order valence-corrected chi connectivity index (χ2v) is 2.69. The van der Waals surface area contributed by atoms with Crippen molar-refractivity contribution in [2.45, 2.75) is 12.3 Å². The van der Waals surface area contributed by atoms with E-state index in [1.165, 1.54) is 6.07 Å². The van der Waals surface area contributed by atoms with Gasteiger partial charge in [0.25, 0.3) is 12.0 Å². The molecular formula is C7H7ClF2N2O. The zero-order valence-electron chi connectivity index (χ0n) is 6.48. The van der Waals surface area contributed by atoms with E-state index in [2.05, 4.69) is 4.98 Å². The number of pyridine rings is 1. The van der Waals surface area contributed by atoms with E-state index in [0.717, 1.165) is 0 Å². The van der Waals surface area contributed by atoms with Crippen LogP contribution in [0.1, 0.15) is 17.7 Å². The molecule has 1 heterocycles. The van der Waals surface area contributed by atoms with Crippen LogP contribution in [-0.4, -0.2) is 4.98 Å². The molecule has 72 valence electrons. The molecule has 0 atom stereocenters. The molecule has 0 aliphatic rings. The molecule has 0 aromatic carbocycles. The van der Waals surface area contributed by atoms with Crippen molar-refractivity contribution in [2.24, 2.45) is 0 Å². The number of nitrogens with two attached hydrogens (primary N) is 1. The van der Waals surface area contributed by atoms with Gasteiger partial charge in [0.1, 0.15) is 5.56 Å². The standard InChI is InChI=1S/C7H7ClF2N2O/c8-2-3-1-4(11)5(6(9)10)7(13)12-3/h1,6H,2H2,(H3,11,12,13). The van der Waals surface area contributed by atoms with Gasteiger partial charge in [0.2, 0.25) is 0 Å². The lowest BCUT2D eigenvalue weighted by molar-refractivity contribution is 0.150. The van der Waals surface area contributed by atoms with E-state index >= 15 is 0 Å². The van der Waals surface area contributed by atoms with E-state index in [1.807, 2.05) is 0 Å². The fraction of sp³-hybridized carbons (Fsp3) is 0.286. The topological polar surface area (TPSA) is 58.9 Å². The Morgan fingerprint density at radius 3 is 2.62 bits per heavy atom. The van der Waals surface area contributed by atoms with Crippen LogP contribution in [0.4, 0.5) is 14.5 Å². The smallest absolute Gasteiger partial charge is 0.271 e. The van der Waals surface area contributed by atoms with Crippen LogP contribution in [0, 0.1) is 0 Å². The third-order valence-corrected chi connectivity index (χ3v) is 1.81. The lowest BCUT2D eigenvalue weighted by atomic mass is 10.2. The Balaban J connectivity index is 3.32. The van der Waals surface area contributed by atoms with Crippen LogP contribution >= 0.6 is 11.6 Å². The van der Waals surface area contributed by atoms with Crippen molar-refractivity contribution in [1.29, 1.82) is 0 Å². The van der Waals surface area contributed by atoms with Gasteiger partial charge in [0.05, 0.1) is 5.88 Å². The third kappa shape index (κ3) is 1.98. The average molecular weight is 209 g/mol. The predicted octanol–water partition coefficient (Wildman–Crippen LogP) is 1.63. The number of anilines is 1. The molecule has 3 nitrogen and oxygen atoms in total. The maximum absolute atomic E-state index is 12.2. The summed E-state index contributed by atoms with van der Waals surface area (Å²) in [5.41, 5.74) is 3.76. The van der Waals surface area contributed by atoms with E-state index in [1.54, 1.807) is 0 Å². The molecule has 0 saturated carbocycles. The first-order chi connectivity index (χ1) is 6.06. The molecule has 6 heteroatoms. The van der Waals surface area contributed by atoms with E-state index in [9.17, 15) is 13.6 Å². The van der Waals surface area contributed by atoms with Gasteiger partial charge in [-0.2, -0.15) is 0 Å². The normalized spacial score (nSPS) is 10.8. The SMILES string of the molecule is Nc1cc(CCl)[nH]c(=O)c1C(F)F. The maximum Gasteiger partial charge on any atom is 0.271 e. The van der Waals surface area contributed by atoms with Crippen molar-refractivity contribution in [1.82, 2.24) is 4.98 Å². The van der Waals surface area contributed by atoms with Gasteiger partial charge in [-0.15, -0.1) is 11.6 Å². The number of aromatic amines is 1. The molecule has 13 heavy (non-hydrogen) atoms. The van der Waals surface area contributed by atoms with Crippen molar-refractivity contribution < 1.29 is 8.78 Å². The van der Waals surface area contributed by atoms with Crippen LogP contribution in [0.3, 0.4) is 0 Å². The quantitative estimate of drug-likeness (QED) is 0.726. The van der Waals surface area contributed by atoms with E-state index in [0.29, 0.717) is 5.69 Å². The molecular weight excluding hydrogens is 202 g/mol. The summed E-state index contributed by atoms with van der Waals surface area (Å²) in [6, 6.07) is 1.23. The molecule has 0 fully saturated rings. The minimum absolute atomic E-state index is 0.0307. The minimum atomic E-state index is -2.87. The zero-order valence-corrected chi connectivity index (χ0v) is 7.24. The van der Waals surface area contributed by atoms with Crippen molar-refractivity contribution in [3.8, 4) is 0 Å². The largest absolute Gasteiger partial charge is 0.398 e. The van der Waals surface area contributed by atoms with Crippen molar-refractivity contribution in [3.05, 3.63) is 27.7 Å². The highest BCUT2D eigenvalue weighted by atomic mass is 35.5. The van der Waals surface area contributed by atoms with Crippen molar-refractivity contribution in [2.75, 3.05) is 5.73 Å². The number of rotatable bonds is 2. The Hall–Kier alpha value is -1.10. The second kappa shape index (κ2) is 3.74. The minimum Gasteiger partial charge on any atom is -0.398 e. The fourth-order valence-corrected chi connectivity index (χ4v) is 1.09. The Labute approximate surface area is 77.5 Å². The number of aromatic nitrogens is 1. The number of nitrogen functional groups attached to an aromatic ring is 1. The summed E-state index contributed by atoms with van der Waals surface area (Å²) in [5, 5.41) is 0. The highest BCUT2D eigenvalue weighted by molar-refractivity contribution is 6.16. The molecule has 0 saturated heterocycles. The maximum atomic E-state index is 12.2. The Kier molecular flexibility index (Phi) is 2.87. The van der Waals surface area contributed by atoms with Gasteiger partial charge in [-0.25, -0.2) is 8.78 Å². The third-order valence-electron chi connectivity index (χ3n) is 1.52. The molecule has 3 N–H and O–H groups in total. The van der Waals surface area contributed by atoms with E-state index < -0.39 is 17.5 Å².